The Bertz CT molecular complexity index is 695. The first-order valence-corrected chi connectivity index (χ1v) is 7.62. The summed E-state index contributed by atoms with van der Waals surface area (Å²) in [7, 11) is 1.75. The van der Waals surface area contributed by atoms with E-state index in [9.17, 15) is 9.59 Å². The van der Waals surface area contributed by atoms with Crippen LogP contribution in [0.4, 0.5) is 0 Å². The van der Waals surface area contributed by atoms with Gasteiger partial charge in [-0.25, -0.2) is 4.79 Å². The number of hydrogen-bond donors (Lipinski definition) is 1. The highest BCUT2D eigenvalue weighted by atomic mass is 16.4. The van der Waals surface area contributed by atoms with Gasteiger partial charge in [-0.2, -0.15) is 0 Å². The molecule has 4 heteroatoms. The maximum atomic E-state index is 12.4. The lowest BCUT2D eigenvalue weighted by atomic mass is 10.1. The standard InChI is InChI=1S/C19H21NO3/c1-14-11-16(13-17(12-14)19(22)23)18(21)20(2)10-6-9-15-7-4-3-5-8-15/h3-5,7-8,11-13H,6,9-10H2,1-2H3,(H,22,23). The van der Waals surface area contributed by atoms with E-state index >= 15 is 0 Å². The van der Waals surface area contributed by atoms with Crippen LogP contribution in [0.2, 0.25) is 0 Å². The third-order valence-corrected chi connectivity index (χ3v) is 3.72. The van der Waals surface area contributed by atoms with Crippen LogP contribution >= 0.6 is 0 Å². The summed E-state index contributed by atoms with van der Waals surface area (Å²) < 4.78 is 0. The van der Waals surface area contributed by atoms with E-state index < -0.39 is 5.97 Å². The predicted molar refractivity (Wildman–Crippen MR) is 89.9 cm³/mol. The molecule has 120 valence electrons. The number of carbonyl (C=O) groups excluding carboxylic acids is 1. The minimum absolute atomic E-state index is 0.144. The van der Waals surface area contributed by atoms with Crippen LogP contribution < -0.4 is 0 Å². The Morgan fingerprint density at radius 3 is 2.35 bits per heavy atom. The number of carboxylic acids is 1. The van der Waals surface area contributed by atoms with Crippen LogP contribution in [-0.4, -0.2) is 35.5 Å². The summed E-state index contributed by atoms with van der Waals surface area (Å²) >= 11 is 0. The van der Waals surface area contributed by atoms with Crippen molar-refractivity contribution in [1.82, 2.24) is 4.90 Å². The summed E-state index contributed by atoms with van der Waals surface area (Å²) in [5.41, 5.74) is 2.58. The van der Waals surface area contributed by atoms with Gasteiger partial charge in [0.25, 0.3) is 5.91 Å². The summed E-state index contributed by atoms with van der Waals surface area (Å²) in [6.45, 7) is 2.42. The summed E-state index contributed by atoms with van der Waals surface area (Å²) in [5.74, 6) is -1.17. The van der Waals surface area contributed by atoms with Gasteiger partial charge in [0.1, 0.15) is 0 Å². The van der Waals surface area contributed by atoms with Gasteiger partial charge in [-0.05, 0) is 49.1 Å². The fourth-order valence-electron chi connectivity index (χ4n) is 2.52. The molecule has 0 saturated carbocycles. The predicted octanol–water partition coefficient (Wildman–Crippen LogP) is 3.40. The van der Waals surface area contributed by atoms with Crippen LogP contribution in [0.1, 0.15) is 38.3 Å². The van der Waals surface area contributed by atoms with Gasteiger partial charge in [0, 0.05) is 19.2 Å². The molecule has 1 N–H and O–H groups in total. The zero-order valence-electron chi connectivity index (χ0n) is 13.5. The van der Waals surface area contributed by atoms with Crippen molar-refractivity contribution in [3.63, 3.8) is 0 Å². The maximum absolute atomic E-state index is 12.4. The van der Waals surface area contributed by atoms with E-state index in [1.165, 1.54) is 11.6 Å². The molecular formula is C19H21NO3. The minimum Gasteiger partial charge on any atom is -0.478 e. The largest absolute Gasteiger partial charge is 0.478 e. The molecule has 0 aliphatic rings. The third-order valence-electron chi connectivity index (χ3n) is 3.72. The topological polar surface area (TPSA) is 57.6 Å². The van der Waals surface area contributed by atoms with Crippen LogP contribution in [0.3, 0.4) is 0 Å². The average Bonchev–Trinajstić information content (AvgIpc) is 2.54. The number of hydrogen-bond acceptors (Lipinski definition) is 2. The van der Waals surface area contributed by atoms with Gasteiger partial charge >= 0.3 is 5.97 Å². The van der Waals surface area contributed by atoms with Crippen molar-refractivity contribution < 1.29 is 14.7 Å². The summed E-state index contributed by atoms with van der Waals surface area (Å²) in [6.07, 6.45) is 1.77. The SMILES string of the molecule is Cc1cc(C(=O)O)cc(C(=O)N(C)CCCc2ccccc2)c1. The summed E-state index contributed by atoms with van der Waals surface area (Å²) in [4.78, 5) is 25.2. The summed E-state index contributed by atoms with van der Waals surface area (Å²) in [6, 6.07) is 14.9. The molecular weight excluding hydrogens is 290 g/mol. The molecule has 23 heavy (non-hydrogen) atoms. The van der Waals surface area contributed by atoms with E-state index in [0.29, 0.717) is 12.1 Å². The lowest BCUT2D eigenvalue weighted by Gasteiger charge is -2.18. The summed E-state index contributed by atoms with van der Waals surface area (Å²) in [5, 5.41) is 9.10. The lowest BCUT2D eigenvalue weighted by molar-refractivity contribution is 0.0696. The first kappa shape index (κ1) is 16.7. The number of carbonyl (C=O) groups is 2. The van der Waals surface area contributed by atoms with Crippen LogP contribution in [0, 0.1) is 6.92 Å². The molecule has 0 aliphatic carbocycles. The Hall–Kier alpha value is -2.62. The second kappa shape index (κ2) is 7.58. The second-order valence-corrected chi connectivity index (χ2v) is 5.71. The molecule has 2 aromatic rings. The van der Waals surface area contributed by atoms with Gasteiger partial charge in [-0.1, -0.05) is 30.3 Å². The van der Waals surface area contributed by atoms with Crippen molar-refractivity contribution >= 4 is 11.9 Å². The number of amides is 1. The molecule has 0 radical (unpaired) electrons. The molecule has 0 fully saturated rings. The van der Waals surface area contributed by atoms with Crippen molar-refractivity contribution in [3.05, 3.63) is 70.8 Å². The van der Waals surface area contributed by atoms with Crippen molar-refractivity contribution in [2.45, 2.75) is 19.8 Å². The van der Waals surface area contributed by atoms with Gasteiger partial charge in [-0.15, -0.1) is 0 Å². The minimum atomic E-state index is -1.02. The molecule has 0 spiro atoms. The number of nitrogens with zero attached hydrogens (tertiary/aromatic N) is 1. The first-order valence-electron chi connectivity index (χ1n) is 7.62. The second-order valence-electron chi connectivity index (χ2n) is 5.71. The van der Waals surface area contributed by atoms with Gasteiger partial charge in [-0.3, -0.25) is 4.79 Å². The first-order chi connectivity index (χ1) is 11.0. The normalized spacial score (nSPS) is 10.3. The Balaban J connectivity index is 1.98. The van der Waals surface area contributed by atoms with E-state index in [1.807, 2.05) is 18.2 Å². The Kier molecular flexibility index (Phi) is 5.52. The van der Waals surface area contributed by atoms with Gasteiger partial charge < -0.3 is 10.0 Å². The molecule has 0 aliphatic heterocycles. The Morgan fingerprint density at radius 1 is 1.04 bits per heavy atom. The number of aryl methyl sites for hydroxylation is 2. The monoisotopic (exact) mass is 311 g/mol. The van der Waals surface area contributed by atoms with Crippen molar-refractivity contribution in [3.8, 4) is 0 Å². The fourth-order valence-corrected chi connectivity index (χ4v) is 2.52. The molecule has 0 aromatic heterocycles. The van der Waals surface area contributed by atoms with Crippen molar-refractivity contribution in [1.29, 1.82) is 0 Å². The molecule has 0 unspecified atom stereocenters. The molecule has 2 aromatic carbocycles. The highest BCUT2D eigenvalue weighted by Gasteiger charge is 2.14. The highest BCUT2D eigenvalue weighted by molar-refractivity contribution is 5.97. The maximum Gasteiger partial charge on any atom is 0.335 e. The van der Waals surface area contributed by atoms with Crippen molar-refractivity contribution in [2.75, 3.05) is 13.6 Å². The fraction of sp³-hybridized carbons (Fsp3) is 0.263. The number of carboxylic acid groups (broad SMARTS) is 1. The van der Waals surface area contributed by atoms with Crippen molar-refractivity contribution in [2.24, 2.45) is 0 Å². The molecule has 2 rings (SSSR count). The van der Waals surface area contributed by atoms with Gasteiger partial charge in [0.2, 0.25) is 0 Å². The molecule has 0 saturated heterocycles. The molecule has 0 atom stereocenters. The van der Waals surface area contributed by atoms with E-state index in [2.05, 4.69) is 12.1 Å². The van der Waals surface area contributed by atoms with Gasteiger partial charge in [0.05, 0.1) is 5.56 Å². The number of rotatable bonds is 6. The third kappa shape index (κ3) is 4.68. The average molecular weight is 311 g/mol. The van der Waals surface area contributed by atoms with E-state index in [-0.39, 0.29) is 11.5 Å². The smallest absolute Gasteiger partial charge is 0.335 e. The lowest BCUT2D eigenvalue weighted by Crippen LogP contribution is -2.28. The zero-order chi connectivity index (χ0) is 16.8. The van der Waals surface area contributed by atoms with Gasteiger partial charge in [0.15, 0.2) is 0 Å². The van der Waals surface area contributed by atoms with E-state index in [0.717, 1.165) is 18.4 Å². The number of aromatic carboxylic acids is 1. The number of benzene rings is 2. The molecule has 0 bridgehead atoms. The van der Waals surface area contributed by atoms with Crippen LogP contribution in [0.25, 0.3) is 0 Å². The highest BCUT2D eigenvalue weighted by Crippen LogP contribution is 2.12. The van der Waals surface area contributed by atoms with E-state index in [4.69, 9.17) is 5.11 Å². The molecule has 0 heterocycles. The van der Waals surface area contributed by atoms with Crippen LogP contribution in [-0.2, 0) is 6.42 Å². The molecule has 1 amide bonds. The Labute approximate surface area is 136 Å². The quantitative estimate of drug-likeness (QED) is 0.889. The Morgan fingerprint density at radius 2 is 1.70 bits per heavy atom. The zero-order valence-corrected chi connectivity index (χ0v) is 13.5. The van der Waals surface area contributed by atoms with Crippen LogP contribution in [0.5, 0.6) is 0 Å². The van der Waals surface area contributed by atoms with E-state index in [1.54, 1.807) is 31.0 Å². The molecule has 4 nitrogen and oxygen atoms in total. The van der Waals surface area contributed by atoms with Crippen LogP contribution in [0.15, 0.2) is 48.5 Å².